The zero-order valence-corrected chi connectivity index (χ0v) is 11.5. The molecule has 1 aliphatic rings. The molecule has 0 unspecified atom stereocenters. The van der Waals surface area contributed by atoms with Gasteiger partial charge in [-0.05, 0) is 43.5 Å². The lowest BCUT2D eigenvalue weighted by Crippen LogP contribution is -2.25. The van der Waals surface area contributed by atoms with E-state index >= 15 is 0 Å². The van der Waals surface area contributed by atoms with Crippen LogP contribution in [0.5, 0.6) is 0 Å². The molecule has 0 aliphatic carbocycles. The molecule has 1 heterocycles. The number of carbonyl (C=O) groups excluding carboxylic acids is 1. The minimum Gasteiger partial charge on any atom is -0.382 e. The van der Waals surface area contributed by atoms with Gasteiger partial charge in [-0.25, -0.2) is 0 Å². The van der Waals surface area contributed by atoms with Crippen LogP contribution < -0.4 is 10.6 Å². The van der Waals surface area contributed by atoms with Crippen LogP contribution in [0.15, 0.2) is 18.2 Å². The molecule has 0 fully saturated rings. The molecule has 0 atom stereocenters. The summed E-state index contributed by atoms with van der Waals surface area (Å²) in [6.07, 6.45) is 2.31. The average molecular weight is 262 g/mol. The van der Waals surface area contributed by atoms with E-state index in [1.165, 1.54) is 11.1 Å². The normalized spacial score (nSPS) is 13.9. The Morgan fingerprint density at radius 1 is 1.47 bits per heavy atom. The van der Waals surface area contributed by atoms with Gasteiger partial charge < -0.3 is 15.4 Å². The van der Waals surface area contributed by atoms with Gasteiger partial charge in [0.25, 0.3) is 0 Å². The Balaban J connectivity index is 1.90. The molecule has 104 valence electrons. The van der Waals surface area contributed by atoms with Gasteiger partial charge in [0.1, 0.15) is 0 Å². The lowest BCUT2D eigenvalue weighted by atomic mass is 9.99. The molecule has 1 aromatic carbocycles. The van der Waals surface area contributed by atoms with Gasteiger partial charge in [-0.2, -0.15) is 0 Å². The molecule has 0 bridgehead atoms. The summed E-state index contributed by atoms with van der Waals surface area (Å²) >= 11 is 0. The molecule has 0 spiro atoms. The minimum absolute atomic E-state index is 0.0682. The molecule has 19 heavy (non-hydrogen) atoms. The average Bonchev–Trinajstić information content (AvgIpc) is 2.44. The molecule has 2 N–H and O–H groups in total. The van der Waals surface area contributed by atoms with Crippen molar-refractivity contribution in [2.24, 2.45) is 0 Å². The Morgan fingerprint density at radius 2 is 2.37 bits per heavy atom. The molecule has 1 amide bonds. The summed E-state index contributed by atoms with van der Waals surface area (Å²) in [7, 11) is 0. The van der Waals surface area contributed by atoms with Crippen LogP contribution in [0.2, 0.25) is 0 Å². The fourth-order valence-corrected chi connectivity index (χ4v) is 2.32. The van der Waals surface area contributed by atoms with Crippen molar-refractivity contribution < 1.29 is 9.53 Å². The molecule has 4 heteroatoms. The van der Waals surface area contributed by atoms with Gasteiger partial charge >= 0.3 is 0 Å². The Morgan fingerprint density at radius 3 is 3.21 bits per heavy atom. The molecule has 0 saturated heterocycles. The highest BCUT2D eigenvalue weighted by Crippen LogP contribution is 2.23. The molecule has 0 saturated carbocycles. The second-order valence-electron chi connectivity index (χ2n) is 4.72. The Bertz CT molecular complexity index is 432. The van der Waals surface area contributed by atoms with Crippen molar-refractivity contribution in [2.45, 2.75) is 32.7 Å². The van der Waals surface area contributed by atoms with Crippen LogP contribution in [0, 0.1) is 0 Å². The van der Waals surface area contributed by atoms with E-state index < -0.39 is 0 Å². The second-order valence-corrected chi connectivity index (χ2v) is 4.72. The number of hydrogen-bond acceptors (Lipinski definition) is 3. The maximum atomic E-state index is 11.9. The molecule has 0 radical (unpaired) electrons. The Hall–Kier alpha value is -1.39. The van der Waals surface area contributed by atoms with Crippen molar-refractivity contribution >= 4 is 11.6 Å². The van der Waals surface area contributed by atoms with Gasteiger partial charge in [0.2, 0.25) is 5.91 Å². The number of carbonyl (C=O) groups is 1. The highest BCUT2D eigenvalue weighted by Gasteiger charge is 2.13. The van der Waals surface area contributed by atoms with Crippen LogP contribution in [-0.4, -0.2) is 25.7 Å². The maximum Gasteiger partial charge on any atom is 0.224 e. The molecule has 2 rings (SSSR count). The van der Waals surface area contributed by atoms with Crippen molar-refractivity contribution in [3.8, 4) is 0 Å². The van der Waals surface area contributed by atoms with Crippen LogP contribution in [0.25, 0.3) is 0 Å². The lowest BCUT2D eigenvalue weighted by Gasteiger charge is -2.20. The second kappa shape index (κ2) is 7.26. The van der Waals surface area contributed by atoms with Crippen LogP contribution >= 0.6 is 0 Å². The summed E-state index contributed by atoms with van der Waals surface area (Å²) in [6, 6.07) is 6.13. The third-order valence-corrected chi connectivity index (χ3v) is 3.32. The third-order valence-electron chi connectivity index (χ3n) is 3.32. The van der Waals surface area contributed by atoms with Gasteiger partial charge in [0, 0.05) is 31.9 Å². The van der Waals surface area contributed by atoms with Crippen LogP contribution in [0.1, 0.15) is 30.9 Å². The van der Waals surface area contributed by atoms with E-state index in [2.05, 4.69) is 16.7 Å². The van der Waals surface area contributed by atoms with Crippen LogP contribution in [-0.2, 0) is 22.5 Å². The Kier molecular flexibility index (Phi) is 5.36. The van der Waals surface area contributed by atoms with Gasteiger partial charge in [-0.3, -0.25) is 4.79 Å². The first-order chi connectivity index (χ1) is 9.31. The first kappa shape index (κ1) is 14.0. The fourth-order valence-electron chi connectivity index (χ4n) is 2.32. The van der Waals surface area contributed by atoms with Gasteiger partial charge in [-0.1, -0.05) is 12.1 Å². The first-order valence-corrected chi connectivity index (χ1v) is 7.00. The summed E-state index contributed by atoms with van der Waals surface area (Å²) in [4.78, 5) is 11.9. The van der Waals surface area contributed by atoms with E-state index in [9.17, 15) is 4.79 Å². The number of hydrogen-bond donors (Lipinski definition) is 2. The van der Waals surface area contributed by atoms with Gasteiger partial charge in [-0.15, -0.1) is 0 Å². The van der Waals surface area contributed by atoms with Crippen molar-refractivity contribution in [3.05, 3.63) is 29.3 Å². The molecule has 4 nitrogen and oxygen atoms in total. The van der Waals surface area contributed by atoms with Crippen molar-refractivity contribution in [3.63, 3.8) is 0 Å². The zero-order valence-electron chi connectivity index (χ0n) is 11.5. The number of nitrogens with one attached hydrogen (secondary N) is 2. The highest BCUT2D eigenvalue weighted by atomic mass is 16.5. The summed E-state index contributed by atoms with van der Waals surface area (Å²) in [5, 5.41) is 6.36. The predicted molar refractivity (Wildman–Crippen MR) is 76.2 cm³/mol. The number of ether oxygens (including phenoxy) is 1. The van der Waals surface area contributed by atoms with Gasteiger partial charge in [0.15, 0.2) is 0 Å². The molecule has 1 aliphatic heterocycles. The van der Waals surface area contributed by atoms with E-state index in [-0.39, 0.29) is 5.91 Å². The van der Waals surface area contributed by atoms with E-state index in [1.54, 1.807) is 0 Å². The molecule has 0 aromatic heterocycles. The summed E-state index contributed by atoms with van der Waals surface area (Å²) in [5.74, 6) is 0.0682. The first-order valence-electron chi connectivity index (χ1n) is 7.00. The Labute approximate surface area is 114 Å². The lowest BCUT2D eigenvalue weighted by molar-refractivity contribution is -0.116. The number of fused-ring (bicyclic) bond motifs is 1. The highest BCUT2D eigenvalue weighted by molar-refractivity contribution is 5.91. The monoisotopic (exact) mass is 262 g/mol. The molecular formula is C15H22N2O2. The summed E-state index contributed by atoms with van der Waals surface area (Å²) in [6.45, 7) is 5.17. The van der Waals surface area contributed by atoms with Gasteiger partial charge in [0.05, 0.1) is 0 Å². The van der Waals surface area contributed by atoms with E-state index in [1.807, 2.05) is 19.1 Å². The SMILES string of the molecule is CCOCCCC(=O)Nc1cccc2c1CNCC2. The molecule has 1 aromatic rings. The number of amides is 1. The topological polar surface area (TPSA) is 50.4 Å². The largest absolute Gasteiger partial charge is 0.382 e. The van der Waals surface area contributed by atoms with E-state index in [4.69, 9.17) is 4.74 Å². The minimum atomic E-state index is 0.0682. The summed E-state index contributed by atoms with van der Waals surface area (Å²) < 4.78 is 5.23. The van der Waals surface area contributed by atoms with Crippen LogP contribution in [0.3, 0.4) is 0 Å². The molecular weight excluding hydrogens is 240 g/mol. The van der Waals surface area contributed by atoms with E-state index in [0.29, 0.717) is 19.6 Å². The van der Waals surface area contributed by atoms with E-state index in [0.717, 1.165) is 31.6 Å². The standard InChI is InChI=1S/C15H22N2O2/c1-2-19-10-4-7-15(18)17-14-6-3-5-12-8-9-16-11-13(12)14/h3,5-6,16H,2,4,7-11H2,1H3,(H,17,18). The van der Waals surface area contributed by atoms with Crippen molar-refractivity contribution in [1.29, 1.82) is 0 Å². The van der Waals surface area contributed by atoms with Crippen molar-refractivity contribution in [2.75, 3.05) is 25.1 Å². The quantitative estimate of drug-likeness (QED) is 0.772. The zero-order chi connectivity index (χ0) is 13.5. The summed E-state index contributed by atoms with van der Waals surface area (Å²) in [5.41, 5.74) is 3.52. The predicted octanol–water partition coefficient (Wildman–Crippen LogP) is 2.09. The van der Waals surface area contributed by atoms with Crippen LogP contribution in [0.4, 0.5) is 5.69 Å². The number of anilines is 1. The van der Waals surface area contributed by atoms with Crippen molar-refractivity contribution in [1.82, 2.24) is 5.32 Å². The number of benzene rings is 1. The fraction of sp³-hybridized carbons (Fsp3) is 0.533. The smallest absolute Gasteiger partial charge is 0.224 e. The number of rotatable bonds is 6. The third kappa shape index (κ3) is 4.04. The maximum absolute atomic E-state index is 11.9.